The van der Waals surface area contributed by atoms with Gasteiger partial charge < -0.3 is 10.1 Å². The van der Waals surface area contributed by atoms with Crippen LogP contribution in [0.4, 0.5) is 10.8 Å². The number of carbonyl (C=O) groups excluding carboxylic acids is 1. The summed E-state index contributed by atoms with van der Waals surface area (Å²) >= 11 is 1.30. The molecule has 5 heteroatoms. The number of anilines is 2. The number of rotatable bonds is 4. The zero-order valence-electron chi connectivity index (χ0n) is 11.2. The average Bonchev–Trinajstić information content (AvgIpc) is 2.79. The van der Waals surface area contributed by atoms with E-state index in [0.717, 1.165) is 12.1 Å². The third-order valence-corrected chi connectivity index (χ3v) is 3.83. The molecular formula is C14H16N2O2S. The van der Waals surface area contributed by atoms with Crippen molar-refractivity contribution in [3.8, 4) is 0 Å². The highest BCUT2D eigenvalue weighted by Crippen LogP contribution is 2.26. The number of methoxy groups -OCH3 is 1. The van der Waals surface area contributed by atoms with Crippen molar-refractivity contribution in [1.82, 2.24) is 4.98 Å². The maximum Gasteiger partial charge on any atom is 0.350 e. The molecule has 0 unspecified atom stereocenters. The predicted molar refractivity (Wildman–Crippen MR) is 77.3 cm³/mol. The minimum absolute atomic E-state index is 0.343. The first kappa shape index (κ1) is 13.5. The van der Waals surface area contributed by atoms with E-state index in [1.54, 1.807) is 6.92 Å². The molecule has 0 fully saturated rings. The Morgan fingerprint density at radius 1 is 1.37 bits per heavy atom. The first-order valence-corrected chi connectivity index (χ1v) is 6.87. The normalized spacial score (nSPS) is 10.3. The van der Waals surface area contributed by atoms with Crippen molar-refractivity contribution in [1.29, 1.82) is 0 Å². The molecule has 0 saturated carbocycles. The van der Waals surface area contributed by atoms with Gasteiger partial charge in [0.1, 0.15) is 4.88 Å². The number of hydrogen-bond acceptors (Lipinski definition) is 5. The highest BCUT2D eigenvalue weighted by Gasteiger charge is 2.15. The summed E-state index contributed by atoms with van der Waals surface area (Å²) in [6, 6.07) is 8.16. The van der Waals surface area contributed by atoms with E-state index in [9.17, 15) is 4.79 Å². The highest BCUT2D eigenvalue weighted by atomic mass is 32.1. The SMILES string of the molecule is CCc1ccc(Nc2nc(C)c(C(=O)OC)s2)cc1. The second-order valence-corrected chi connectivity index (χ2v) is 5.10. The fourth-order valence-corrected chi connectivity index (χ4v) is 2.58. The molecule has 1 aromatic heterocycles. The molecule has 19 heavy (non-hydrogen) atoms. The average molecular weight is 276 g/mol. The van der Waals surface area contributed by atoms with Crippen LogP contribution in [0.5, 0.6) is 0 Å². The Morgan fingerprint density at radius 3 is 2.63 bits per heavy atom. The van der Waals surface area contributed by atoms with Crippen molar-refractivity contribution >= 4 is 28.1 Å². The number of ether oxygens (including phenoxy) is 1. The van der Waals surface area contributed by atoms with Gasteiger partial charge in [-0.2, -0.15) is 0 Å². The highest BCUT2D eigenvalue weighted by molar-refractivity contribution is 7.17. The van der Waals surface area contributed by atoms with Gasteiger partial charge in [0.05, 0.1) is 12.8 Å². The molecule has 100 valence electrons. The molecule has 1 aromatic carbocycles. The standard InChI is InChI=1S/C14H16N2O2S/c1-4-10-5-7-11(8-6-10)16-14-15-9(2)12(19-14)13(17)18-3/h5-8H,4H2,1-3H3,(H,15,16). The number of hydrogen-bond donors (Lipinski definition) is 1. The van der Waals surface area contributed by atoms with E-state index in [4.69, 9.17) is 4.74 Å². The zero-order valence-corrected chi connectivity index (χ0v) is 12.0. The number of nitrogens with one attached hydrogen (secondary N) is 1. The lowest BCUT2D eigenvalue weighted by molar-refractivity contribution is 0.0605. The van der Waals surface area contributed by atoms with Crippen LogP contribution in [0.2, 0.25) is 0 Å². The Morgan fingerprint density at radius 2 is 2.05 bits per heavy atom. The van der Waals surface area contributed by atoms with Crippen LogP contribution < -0.4 is 5.32 Å². The Kier molecular flexibility index (Phi) is 4.16. The first-order valence-electron chi connectivity index (χ1n) is 6.05. The van der Waals surface area contributed by atoms with Gasteiger partial charge in [0.2, 0.25) is 0 Å². The van der Waals surface area contributed by atoms with Gasteiger partial charge in [-0.05, 0) is 31.0 Å². The number of esters is 1. The summed E-state index contributed by atoms with van der Waals surface area (Å²) in [5.74, 6) is -0.343. The fraction of sp³-hybridized carbons (Fsp3) is 0.286. The van der Waals surface area contributed by atoms with E-state index in [-0.39, 0.29) is 5.97 Å². The Hall–Kier alpha value is -1.88. The number of carbonyl (C=O) groups is 1. The van der Waals surface area contributed by atoms with E-state index in [1.807, 2.05) is 12.1 Å². The summed E-state index contributed by atoms with van der Waals surface area (Å²) in [6.45, 7) is 3.92. The van der Waals surface area contributed by atoms with Crippen LogP contribution in [-0.4, -0.2) is 18.1 Å². The van der Waals surface area contributed by atoms with Gasteiger partial charge in [0.15, 0.2) is 5.13 Å². The maximum absolute atomic E-state index is 11.5. The second-order valence-electron chi connectivity index (χ2n) is 4.10. The predicted octanol–water partition coefficient (Wildman–Crippen LogP) is 3.54. The molecule has 0 amide bonds. The van der Waals surface area contributed by atoms with Crippen molar-refractivity contribution in [3.63, 3.8) is 0 Å². The summed E-state index contributed by atoms with van der Waals surface area (Å²) in [5, 5.41) is 3.89. The van der Waals surface area contributed by atoms with E-state index >= 15 is 0 Å². The number of aromatic nitrogens is 1. The number of aryl methyl sites for hydroxylation is 2. The van der Waals surface area contributed by atoms with Crippen LogP contribution in [0.3, 0.4) is 0 Å². The van der Waals surface area contributed by atoms with Crippen LogP contribution in [0.1, 0.15) is 27.9 Å². The molecular weight excluding hydrogens is 260 g/mol. The first-order chi connectivity index (χ1) is 9.13. The molecule has 4 nitrogen and oxygen atoms in total. The Labute approximate surface area is 116 Å². The molecule has 0 radical (unpaired) electrons. The summed E-state index contributed by atoms with van der Waals surface area (Å²) in [6.07, 6.45) is 1.02. The maximum atomic E-state index is 11.5. The quantitative estimate of drug-likeness (QED) is 0.868. The molecule has 1 N–H and O–H groups in total. The van der Waals surface area contributed by atoms with Crippen LogP contribution in [-0.2, 0) is 11.2 Å². The van der Waals surface area contributed by atoms with Crippen molar-refractivity contribution in [3.05, 3.63) is 40.4 Å². The second kappa shape index (κ2) is 5.84. The van der Waals surface area contributed by atoms with Gasteiger partial charge in [0, 0.05) is 5.69 Å². The molecule has 2 aromatic rings. The summed E-state index contributed by atoms with van der Waals surface area (Å²) in [4.78, 5) is 16.4. The smallest absolute Gasteiger partial charge is 0.350 e. The molecule has 0 bridgehead atoms. The van der Waals surface area contributed by atoms with E-state index in [2.05, 4.69) is 29.4 Å². The van der Waals surface area contributed by atoms with Gasteiger partial charge in [-0.15, -0.1) is 0 Å². The molecule has 2 rings (SSSR count). The molecule has 0 atom stereocenters. The Bertz CT molecular complexity index is 576. The third kappa shape index (κ3) is 3.12. The van der Waals surface area contributed by atoms with Gasteiger partial charge in [0.25, 0.3) is 0 Å². The largest absolute Gasteiger partial charge is 0.465 e. The molecule has 0 aliphatic carbocycles. The molecule has 0 aliphatic heterocycles. The molecule has 0 saturated heterocycles. The van der Waals surface area contributed by atoms with Crippen LogP contribution in [0.25, 0.3) is 0 Å². The van der Waals surface area contributed by atoms with Gasteiger partial charge >= 0.3 is 5.97 Å². The lowest BCUT2D eigenvalue weighted by atomic mass is 10.1. The van der Waals surface area contributed by atoms with Crippen LogP contribution >= 0.6 is 11.3 Å². The van der Waals surface area contributed by atoms with Crippen molar-refractivity contribution in [2.24, 2.45) is 0 Å². The summed E-state index contributed by atoms with van der Waals surface area (Å²) < 4.78 is 4.71. The van der Waals surface area contributed by atoms with Gasteiger partial charge in [-0.25, -0.2) is 9.78 Å². The lowest BCUT2D eigenvalue weighted by Crippen LogP contribution is -1.99. The zero-order chi connectivity index (χ0) is 13.8. The summed E-state index contributed by atoms with van der Waals surface area (Å²) in [7, 11) is 1.37. The van der Waals surface area contributed by atoms with Crippen molar-refractivity contribution in [2.75, 3.05) is 12.4 Å². The minimum atomic E-state index is -0.343. The van der Waals surface area contributed by atoms with Crippen molar-refractivity contribution < 1.29 is 9.53 Å². The number of nitrogens with zero attached hydrogens (tertiary/aromatic N) is 1. The Balaban J connectivity index is 2.16. The van der Waals surface area contributed by atoms with Gasteiger partial charge in [-0.3, -0.25) is 0 Å². The topological polar surface area (TPSA) is 51.2 Å². The fourth-order valence-electron chi connectivity index (χ4n) is 1.68. The van der Waals surface area contributed by atoms with E-state index < -0.39 is 0 Å². The monoisotopic (exact) mass is 276 g/mol. The van der Waals surface area contributed by atoms with Crippen molar-refractivity contribution in [2.45, 2.75) is 20.3 Å². The number of benzene rings is 1. The third-order valence-electron chi connectivity index (χ3n) is 2.78. The van der Waals surface area contributed by atoms with Gasteiger partial charge in [-0.1, -0.05) is 30.4 Å². The van der Waals surface area contributed by atoms with E-state index in [0.29, 0.717) is 15.7 Å². The lowest BCUT2D eigenvalue weighted by Gasteiger charge is -2.03. The molecule has 0 aliphatic rings. The van der Waals surface area contributed by atoms with Crippen LogP contribution in [0.15, 0.2) is 24.3 Å². The minimum Gasteiger partial charge on any atom is -0.465 e. The number of thiazole rings is 1. The molecule has 0 spiro atoms. The van der Waals surface area contributed by atoms with E-state index in [1.165, 1.54) is 24.0 Å². The summed E-state index contributed by atoms with van der Waals surface area (Å²) in [5.41, 5.74) is 2.93. The van der Waals surface area contributed by atoms with Crippen LogP contribution in [0, 0.1) is 6.92 Å². The molecule has 1 heterocycles.